The van der Waals surface area contributed by atoms with Gasteiger partial charge in [0.15, 0.2) is 9.84 Å². The van der Waals surface area contributed by atoms with Crippen LogP contribution in [0.3, 0.4) is 0 Å². The standard InChI is InChI=1S/C24H17F8N3O5S/c25-14-3-5-15(6-4-14)41(38,39)21-9-10-35(19(36)18-33-20(37)40-34-18)17(21)8-1-12-11-13(2-7-16(12)21)22(26,23(27,28)29)24(30,31)32/h2-7,11,17H,1,8-10H2,(H,33,34,37)/t17-,21-/m0/s1. The molecular formula is C24H17F8N3O5S. The smallest absolute Gasteiger partial charge is 0.331 e. The van der Waals surface area contributed by atoms with Crippen LogP contribution in [0.15, 0.2) is 56.7 Å². The van der Waals surface area contributed by atoms with Crippen LogP contribution in [0.5, 0.6) is 0 Å². The first kappa shape index (κ1) is 28.8. The predicted octanol–water partition coefficient (Wildman–Crippen LogP) is 4.32. The summed E-state index contributed by atoms with van der Waals surface area (Å²) in [5.74, 6) is -3.38. The highest BCUT2D eigenvalue weighted by atomic mass is 32.2. The van der Waals surface area contributed by atoms with E-state index in [0.29, 0.717) is 12.1 Å². The van der Waals surface area contributed by atoms with Gasteiger partial charge in [-0.15, -0.1) is 0 Å². The van der Waals surface area contributed by atoms with Gasteiger partial charge in [0.1, 0.15) is 10.6 Å². The number of amides is 1. The average Bonchev–Trinajstić information content (AvgIpc) is 3.51. The highest BCUT2D eigenvalue weighted by Crippen LogP contribution is 2.56. The molecule has 0 unspecified atom stereocenters. The minimum atomic E-state index is -6.39. The molecule has 1 fully saturated rings. The molecule has 8 nitrogen and oxygen atoms in total. The number of aryl methyl sites for hydroxylation is 1. The summed E-state index contributed by atoms with van der Waals surface area (Å²) in [5.41, 5.74) is -8.07. The summed E-state index contributed by atoms with van der Waals surface area (Å²) in [6, 6.07) is 3.54. The van der Waals surface area contributed by atoms with Gasteiger partial charge in [0.25, 0.3) is 5.91 Å². The Bertz CT molecular complexity index is 1670. The van der Waals surface area contributed by atoms with Gasteiger partial charge in [-0.05, 0) is 59.8 Å². The first-order chi connectivity index (χ1) is 18.9. The van der Waals surface area contributed by atoms with Crippen molar-refractivity contribution >= 4 is 15.7 Å². The molecule has 2 atom stereocenters. The number of alkyl halides is 7. The van der Waals surface area contributed by atoms with Gasteiger partial charge in [-0.3, -0.25) is 14.3 Å². The molecule has 41 heavy (non-hydrogen) atoms. The van der Waals surface area contributed by atoms with Gasteiger partial charge in [-0.25, -0.2) is 22.0 Å². The minimum Gasteiger partial charge on any atom is -0.331 e. The van der Waals surface area contributed by atoms with E-state index in [2.05, 4.69) is 9.68 Å². The molecule has 2 heterocycles. The molecule has 1 aliphatic heterocycles. The molecule has 1 N–H and O–H groups in total. The Balaban J connectivity index is 1.71. The van der Waals surface area contributed by atoms with Gasteiger partial charge >= 0.3 is 23.8 Å². The number of halogens is 8. The van der Waals surface area contributed by atoms with Crippen LogP contribution in [-0.2, 0) is 26.7 Å². The molecule has 2 aliphatic rings. The largest absolute Gasteiger partial charge is 0.439 e. The van der Waals surface area contributed by atoms with E-state index < -0.39 is 78.8 Å². The SMILES string of the molecule is O=C(c1noc(=O)[nH]1)N1CC[C@]2(S(=O)(=O)c3ccc(F)cc3)c3ccc(C(F)(C(F)(F)F)C(F)(F)F)cc3CC[C@H]12. The zero-order valence-corrected chi connectivity index (χ0v) is 21.1. The van der Waals surface area contributed by atoms with E-state index in [1.54, 1.807) is 0 Å². The van der Waals surface area contributed by atoms with Crippen LogP contribution in [0.2, 0.25) is 0 Å². The Labute approximate surface area is 224 Å². The first-order valence-corrected chi connectivity index (χ1v) is 13.3. The number of H-pyrrole nitrogens is 1. The summed E-state index contributed by atoms with van der Waals surface area (Å²) in [7, 11) is -4.65. The molecule has 1 amide bonds. The van der Waals surface area contributed by atoms with Crippen molar-refractivity contribution in [2.45, 2.75) is 53.0 Å². The third-order valence-corrected chi connectivity index (χ3v) is 10.1. The van der Waals surface area contributed by atoms with Crippen LogP contribution in [0.4, 0.5) is 35.1 Å². The third kappa shape index (κ3) is 4.06. The van der Waals surface area contributed by atoms with Crippen LogP contribution in [0.25, 0.3) is 0 Å². The topological polar surface area (TPSA) is 113 Å². The molecule has 3 aromatic rings. The van der Waals surface area contributed by atoms with Crippen LogP contribution >= 0.6 is 0 Å². The number of likely N-dealkylation sites (tertiary alicyclic amines) is 1. The summed E-state index contributed by atoms with van der Waals surface area (Å²) in [4.78, 5) is 27.2. The monoisotopic (exact) mass is 611 g/mol. The van der Waals surface area contributed by atoms with Gasteiger partial charge in [0, 0.05) is 12.1 Å². The van der Waals surface area contributed by atoms with E-state index in [-0.39, 0.29) is 36.6 Å². The van der Waals surface area contributed by atoms with Crippen LogP contribution in [-0.4, -0.2) is 54.3 Å². The number of hydrogen-bond acceptors (Lipinski definition) is 6. The molecule has 1 saturated heterocycles. The number of hydrogen-bond donors (Lipinski definition) is 1. The lowest BCUT2D eigenvalue weighted by molar-refractivity contribution is -0.348. The van der Waals surface area contributed by atoms with Gasteiger partial charge < -0.3 is 4.90 Å². The highest BCUT2D eigenvalue weighted by Gasteiger charge is 2.73. The Morgan fingerprint density at radius 3 is 2.22 bits per heavy atom. The predicted molar refractivity (Wildman–Crippen MR) is 121 cm³/mol. The Morgan fingerprint density at radius 1 is 1.02 bits per heavy atom. The second kappa shape index (κ2) is 9.12. The number of carbonyl (C=O) groups is 1. The molecule has 2 aromatic carbocycles. The van der Waals surface area contributed by atoms with Crippen molar-refractivity contribution in [1.82, 2.24) is 15.0 Å². The van der Waals surface area contributed by atoms with Crippen molar-refractivity contribution in [1.29, 1.82) is 0 Å². The quantitative estimate of drug-likeness (QED) is 0.348. The maximum absolute atomic E-state index is 14.9. The van der Waals surface area contributed by atoms with Crippen LogP contribution in [0, 0.1) is 5.82 Å². The Morgan fingerprint density at radius 2 is 1.66 bits per heavy atom. The molecule has 1 aromatic heterocycles. The van der Waals surface area contributed by atoms with E-state index in [1.165, 1.54) is 0 Å². The Hall–Kier alpha value is -3.76. The zero-order valence-electron chi connectivity index (χ0n) is 20.3. The molecule has 220 valence electrons. The molecule has 17 heteroatoms. The van der Waals surface area contributed by atoms with E-state index >= 15 is 0 Å². The highest BCUT2D eigenvalue weighted by molar-refractivity contribution is 7.92. The van der Waals surface area contributed by atoms with Crippen molar-refractivity contribution in [3.63, 3.8) is 0 Å². The van der Waals surface area contributed by atoms with Crippen LogP contribution < -0.4 is 5.76 Å². The second-order valence-electron chi connectivity index (χ2n) is 9.62. The third-order valence-electron chi connectivity index (χ3n) is 7.57. The molecule has 0 radical (unpaired) electrons. The van der Waals surface area contributed by atoms with E-state index in [1.807, 2.05) is 4.98 Å². The number of rotatable bonds is 4. The van der Waals surface area contributed by atoms with E-state index in [4.69, 9.17) is 0 Å². The summed E-state index contributed by atoms with van der Waals surface area (Å²) in [6.45, 7) is -0.293. The fourth-order valence-electron chi connectivity index (χ4n) is 5.76. The second-order valence-corrected chi connectivity index (χ2v) is 11.8. The fourth-order valence-corrected chi connectivity index (χ4v) is 8.12. The Kier molecular flexibility index (Phi) is 6.40. The van der Waals surface area contributed by atoms with E-state index in [9.17, 15) is 53.1 Å². The summed E-state index contributed by atoms with van der Waals surface area (Å²) < 4.78 is 140. The number of benzene rings is 2. The molecule has 0 saturated carbocycles. The van der Waals surface area contributed by atoms with Crippen molar-refractivity contribution in [2.24, 2.45) is 0 Å². The summed E-state index contributed by atoms with van der Waals surface area (Å²) >= 11 is 0. The normalized spacial score (nSPS) is 21.5. The van der Waals surface area contributed by atoms with Crippen molar-refractivity contribution in [3.8, 4) is 0 Å². The van der Waals surface area contributed by atoms with Crippen molar-refractivity contribution < 1.29 is 52.9 Å². The number of aromatic nitrogens is 2. The van der Waals surface area contributed by atoms with E-state index in [0.717, 1.165) is 29.2 Å². The van der Waals surface area contributed by atoms with Gasteiger partial charge in [0.2, 0.25) is 5.82 Å². The number of sulfone groups is 1. The summed E-state index contributed by atoms with van der Waals surface area (Å²) in [5, 5.41) is 3.30. The zero-order chi connectivity index (χ0) is 30.2. The van der Waals surface area contributed by atoms with Gasteiger partial charge in [0.05, 0.1) is 10.9 Å². The number of nitrogens with zero attached hydrogens (tertiary/aromatic N) is 2. The molecular weight excluding hydrogens is 594 g/mol. The van der Waals surface area contributed by atoms with Crippen molar-refractivity contribution in [2.75, 3.05) is 6.54 Å². The lowest BCUT2D eigenvalue weighted by Crippen LogP contribution is -2.53. The molecule has 5 rings (SSSR count). The molecule has 0 bridgehead atoms. The maximum atomic E-state index is 14.9. The van der Waals surface area contributed by atoms with Gasteiger partial charge in [-0.2, -0.15) is 26.3 Å². The number of nitrogens with one attached hydrogen (secondary N) is 1. The van der Waals surface area contributed by atoms with Gasteiger partial charge in [-0.1, -0.05) is 18.2 Å². The maximum Gasteiger partial charge on any atom is 0.439 e. The molecule has 1 aliphatic carbocycles. The molecule has 0 spiro atoms. The lowest BCUT2D eigenvalue weighted by Gasteiger charge is -2.43. The summed E-state index contributed by atoms with van der Waals surface area (Å²) in [6.07, 6.45) is -13.8. The number of carbonyl (C=O) groups excluding carboxylic acids is 1. The fraction of sp³-hybridized carbons (Fsp3) is 0.375. The number of fused-ring (bicyclic) bond motifs is 3. The average molecular weight is 611 g/mol. The van der Waals surface area contributed by atoms with Crippen molar-refractivity contribution in [3.05, 3.63) is 81.3 Å². The number of aromatic amines is 1. The lowest BCUT2D eigenvalue weighted by atomic mass is 9.76. The first-order valence-electron chi connectivity index (χ1n) is 11.8. The minimum absolute atomic E-state index is 0.226. The van der Waals surface area contributed by atoms with Crippen LogP contribution in [0.1, 0.15) is 40.2 Å².